The molecule has 5 nitrogen and oxygen atoms in total. The molecular weight excluding hydrogens is 320 g/mol. The number of furan rings is 1. The van der Waals surface area contributed by atoms with Gasteiger partial charge in [0.15, 0.2) is 5.82 Å². The number of hydrogen-bond donors (Lipinski definition) is 1. The monoisotopic (exact) mass is 336 g/mol. The Kier molecular flexibility index (Phi) is 3.74. The molecule has 24 heavy (non-hydrogen) atoms. The van der Waals surface area contributed by atoms with Crippen molar-refractivity contribution in [1.29, 1.82) is 0 Å². The highest BCUT2D eigenvalue weighted by Gasteiger charge is 2.15. The first-order valence-electron chi connectivity index (χ1n) is 7.58. The number of thioether (sulfide) groups is 1. The molecule has 0 aliphatic carbocycles. The van der Waals surface area contributed by atoms with Gasteiger partial charge in [-0.15, -0.1) is 10.2 Å². The summed E-state index contributed by atoms with van der Waals surface area (Å²) in [4.78, 5) is 0. The molecule has 0 saturated heterocycles. The summed E-state index contributed by atoms with van der Waals surface area (Å²) in [7, 11) is 0. The summed E-state index contributed by atoms with van der Waals surface area (Å²) in [6.07, 6.45) is 1.63. The van der Waals surface area contributed by atoms with Gasteiger partial charge in [0, 0.05) is 5.75 Å². The zero-order chi connectivity index (χ0) is 16.5. The standard InChI is InChI=1S/C18H16N4OS/c1-12-15(9-10-23-12)17-20-21-18(22(17)19)24-11-14-7-4-6-13-5-2-3-8-16(13)14/h2-10H,11,19H2,1H3. The van der Waals surface area contributed by atoms with Crippen LogP contribution < -0.4 is 5.84 Å². The second-order valence-electron chi connectivity index (χ2n) is 5.49. The van der Waals surface area contributed by atoms with Crippen LogP contribution in [-0.4, -0.2) is 14.9 Å². The van der Waals surface area contributed by atoms with Gasteiger partial charge in [0.05, 0.1) is 11.8 Å². The Morgan fingerprint density at radius 3 is 2.75 bits per heavy atom. The lowest BCUT2D eigenvalue weighted by atomic mass is 10.1. The third kappa shape index (κ3) is 2.55. The molecule has 2 aromatic heterocycles. The van der Waals surface area contributed by atoms with Gasteiger partial charge in [-0.05, 0) is 29.3 Å². The third-order valence-corrected chi connectivity index (χ3v) is 4.99. The van der Waals surface area contributed by atoms with Gasteiger partial charge < -0.3 is 10.3 Å². The Balaban J connectivity index is 1.60. The van der Waals surface area contributed by atoms with Crippen molar-refractivity contribution in [2.45, 2.75) is 17.8 Å². The van der Waals surface area contributed by atoms with Crippen LogP contribution >= 0.6 is 11.8 Å². The smallest absolute Gasteiger partial charge is 0.210 e. The van der Waals surface area contributed by atoms with Crippen LogP contribution in [0.1, 0.15) is 11.3 Å². The number of aryl methyl sites for hydroxylation is 1. The molecule has 0 bridgehead atoms. The lowest BCUT2D eigenvalue weighted by molar-refractivity contribution is 0.535. The van der Waals surface area contributed by atoms with Gasteiger partial charge in [0.1, 0.15) is 5.76 Å². The van der Waals surface area contributed by atoms with E-state index in [1.807, 2.05) is 13.0 Å². The van der Waals surface area contributed by atoms with Crippen LogP contribution in [0.25, 0.3) is 22.2 Å². The van der Waals surface area contributed by atoms with Gasteiger partial charge in [-0.3, -0.25) is 0 Å². The predicted molar refractivity (Wildman–Crippen MR) is 96.1 cm³/mol. The summed E-state index contributed by atoms with van der Waals surface area (Å²) < 4.78 is 6.84. The van der Waals surface area contributed by atoms with Crippen LogP contribution in [0.15, 0.2) is 64.4 Å². The highest BCUT2D eigenvalue weighted by atomic mass is 32.2. The number of nitrogens with zero attached hydrogens (tertiary/aromatic N) is 3. The fourth-order valence-electron chi connectivity index (χ4n) is 2.74. The van der Waals surface area contributed by atoms with Gasteiger partial charge in [-0.1, -0.05) is 54.2 Å². The molecule has 2 N–H and O–H groups in total. The molecule has 6 heteroatoms. The number of benzene rings is 2. The van der Waals surface area contributed by atoms with Crippen molar-refractivity contribution in [3.63, 3.8) is 0 Å². The Morgan fingerprint density at radius 2 is 1.92 bits per heavy atom. The van der Waals surface area contributed by atoms with E-state index in [-0.39, 0.29) is 0 Å². The topological polar surface area (TPSA) is 69.9 Å². The Hall–Kier alpha value is -2.73. The van der Waals surface area contributed by atoms with Crippen molar-refractivity contribution in [3.05, 3.63) is 66.1 Å². The van der Waals surface area contributed by atoms with Crippen LogP contribution in [0.5, 0.6) is 0 Å². The van der Waals surface area contributed by atoms with Crippen molar-refractivity contribution in [3.8, 4) is 11.4 Å². The number of nitrogens with two attached hydrogens (primary N) is 1. The van der Waals surface area contributed by atoms with Gasteiger partial charge >= 0.3 is 0 Å². The maximum atomic E-state index is 6.17. The maximum absolute atomic E-state index is 6.17. The molecule has 0 saturated carbocycles. The molecule has 0 spiro atoms. The molecule has 2 heterocycles. The van der Waals surface area contributed by atoms with E-state index in [1.54, 1.807) is 18.0 Å². The summed E-state index contributed by atoms with van der Waals surface area (Å²) in [5.41, 5.74) is 2.11. The predicted octanol–water partition coefficient (Wildman–Crippen LogP) is 4.01. The molecule has 0 atom stereocenters. The van der Waals surface area contributed by atoms with Gasteiger partial charge in [0.2, 0.25) is 5.16 Å². The quantitative estimate of drug-likeness (QED) is 0.450. The highest BCUT2D eigenvalue weighted by molar-refractivity contribution is 7.98. The first-order valence-corrected chi connectivity index (χ1v) is 8.57. The maximum Gasteiger partial charge on any atom is 0.210 e. The number of hydrogen-bond acceptors (Lipinski definition) is 5. The summed E-state index contributed by atoms with van der Waals surface area (Å²) in [6.45, 7) is 1.88. The number of fused-ring (bicyclic) bond motifs is 1. The summed E-state index contributed by atoms with van der Waals surface area (Å²) in [5, 5.41) is 11.6. The molecule has 120 valence electrons. The van der Waals surface area contributed by atoms with Crippen LogP contribution in [0.4, 0.5) is 0 Å². The minimum absolute atomic E-state index is 0.613. The van der Waals surface area contributed by atoms with Crippen molar-refractivity contribution in [1.82, 2.24) is 14.9 Å². The largest absolute Gasteiger partial charge is 0.469 e. The number of nitrogen functional groups attached to an aromatic ring is 1. The average Bonchev–Trinajstić information content (AvgIpc) is 3.18. The molecule has 0 radical (unpaired) electrons. The molecule has 0 unspecified atom stereocenters. The minimum Gasteiger partial charge on any atom is -0.469 e. The van der Waals surface area contributed by atoms with E-state index in [0.29, 0.717) is 11.0 Å². The van der Waals surface area contributed by atoms with Crippen molar-refractivity contribution < 1.29 is 4.42 Å². The lowest BCUT2D eigenvalue weighted by Gasteiger charge is -2.06. The minimum atomic E-state index is 0.613. The summed E-state index contributed by atoms with van der Waals surface area (Å²) in [5.74, 6) is 8.34. The number of aromatic nitrogens is 3. The molecule has 2 aromatic carbocycles. The van der Waals surface area contributed by atoms with Crippen LogP contribution in [0, 0.1) is 6.92 Å². The van der Waals surface area contributed by atoms with E-state index >= 15 is 0 Å². The fraction of sp³-hybridized carbons (Fsp3) is 0.111. The summed E-state index contributed by atoms with van der Waals surface area (Å²) in [6, 6.07) is 16.5. The first kappa shape index (κ1) is 14.8. The second kappa shape index (κ2) is 6.05. The molecule has 4 aromatic rings. The number of rotatable bonds is 4. The normalized spacial score (nSPS) is 11.2. The Labute approximate surface area is 143 Å². The third-order valence-electron chi connectivity index (χ3n) is 4.00. The van der Waals surface area contributed by atoms with E-state index in [9.17, 15) is 0 Å². The van der Waals surface area contributed by atoms with Crippen LogP contribution in [0.2, 0.25) is 0 Å². The van der Waals surface area contributed by atoms with Crippen LogP contribution in [0.3, 0.4) is 0 Å². The van der Waals surface area contributed by atoms with Crippen LogP contribution in [-0.2, 0) is 5.75 Å². The van der Waals surface area contributed by atoms with Crippen molar-refractivity contribution in [2.24, 2.45) is 0 Å². The highest BCUT2D eigenvalue weighted by Crippen LogP contribution is 2.28. The van der Waals surface area contributed by atoms with Crippen molar-refractivity contribution >= 4 is 22.5 Å². The summed E-state index contributed by atoms with van der Waals surface area (Å²) >= 11 is 1.57. The van der Waals surface area contributed by atoms with E-state index in [2.05, 4.69) is 52.7 Å². The Bertz CT molecular complexity index is 1000. The average molecular weight is 336 g/mol. The molecule has 0 aliphatic rings. The van der Waals surface area contributed by atoms with E-state index < -0.39 is 0 Å². The van der Waals surface area contributed by atoms with E-state index in [0.717, 1.165) is 17.1 Å². The zero-order valence-corrected chi connectivity index (χ0v) is 14.0. The van der Waals surface area contributed by atoms with Crippen molar-refractivity contribution in [2.75, 3.05) is 5.84 Å². The second-order valence-corrected chi connectivity index (χ2v) is 6.44. The molecule has 0 aliphatic heterocycles. The molecule has 4 rings (SSSR count). The van der Waals surface area contributed by atoms with Gasteiger partial charge in [0.25, 0.3) is 0 Å². The molecular formula is C18H16N4OS. The SMILES string of the molecule is Cc1occc1-c1nnc(SCc2cccc3ccccc23)n1N. The Morgan fingerprint density at radius 1 is 1.08 bits per heavy atom. The van der Waals surface area contributed by atoms with Gasteiger partial charge in [-0.2, -0.15) is 0 Å². The lowest BCUT2D eigenvalue weighted by Crippen LogP contribution is -2.11. The van der Waals surface area contributed by atoms with E-state index in [1.165, 1.54) is 21.0 Å². The van der Waals surface area contributed by atoms with E-state index in [4.69, 9.17) is 10.3 Å². The zero-order valence-electron chi connectivity index (χ0n) is 13.1. The fourth-order valence-corrected chi connectivity index (χ4v) is 3.60. The molecule has 0 fully saturated rings. The first-order chi connectivity index (χ1) is 11.7. The molecule has 0 amide bonds. The van der Waals surface area contributed by atoms with Gasteiger partial charge in [-0.25, -0.2) is 4.68 Å².